The number of likely N-dealkylation sites (tertiary alicyclic amines) is 1. The highest BCUT2D eigenvalue weighted by atomic mass is 16.1. The van der Waals surface area contributed by atoms with Crippen LogP contribution in [-0.4, -0.2) is 30.8 Å². The van der Waals surface area contributed by atoms with E-state index in [9.17, 15) is 4.79 Å². The normalized spacial score (nSPS) is 17.8. The number of hydrogen-bond donors (Lipinski definition) is 0. The minimum Gasteiger partial charge on any atom is -0.303 e. The van der Waals surface area contributed by atoms with Crippen molar-refractivity contribution in [3.8, 4) is 0 Å². The van der Waals surface area contributed by atoms with Crippen molar-refractivity contribution in [3.63, 3.8) is 0 Å². The zero-order valence-electron chi connectivity index (χ0n) is 11.1. The number of benzene rings is 1. The third-order valence-electron chi connectivity index (χ3n) is 3.95. The number of aryl methyl sites for hydroxylation is 1. The summed E-state index contributed by atoms with van der Waals surface area (Å²) in [7, 11) is 0. The number of hydrogen-bond acceptors (Lipinski definition) is 2. The summed E-state index contributed by atoms with van der Waals surface area (Å²) in [4.78, 5) is 12.8. The molecule has 0 unspecified atom stereocenters. The van der Waals surface area contributed by atoms with Crippen molar-refractivity contribution in [1.82, 2.24) is 4.90 Å². The van der Waals surface area contributed by atoms with E-state index in [1.807, 2.05) is 0 Å². The van der Waals surface area contributed by atoms with Crippen molar-refractivity contribution in [2.24, 2.45) is 5.92 Å². The lowest BCUT2D eigenvalue weighted by Gasteiger charge is -2.31. The zero-order valence-corrected chi connectivity index (χ0v) is 11.1. The molecule has 1 fully saturated rings. The number of piperidine rings is 1. The van der Waals surface area contributed by atoms with E-state index in [4.69, 9.17) is 0 Å². The standard InChI is InChI=1S/C16H23NO/c18-14-4-11-17-12-9-16(10-13-17)8-7-15-5-2-1-3-6-15/h1-3,5-6,14,16H,4,7-13H2. The van der Waals surface area contributed by atoms with Gasteiger partial charge in [-0.05, 0) is 50.3 Å². The van der Waals surface area contributed by atoms with Gasteiger partial charge in [-0.3, -0.25) is 0 Å². The summed E-state index contributed by atoms with van der Waals surface area (Å²) in [5.74, 6) is 0.873. The van der Waals surface area contributed by atoms with E-state index in [1.165, 1.54) is 44.3 Å². The molecule has 1 aromatic carbocycles. The van der Waals surface area contributed by atoms with E-state index >= 15 is 0 Å². The van der Waals surface area contributed by atoms with Crippen molar-refractivity contribution in [3.05, 3.63) is 35.9 Å². The topological polar surface area (TPSA) is 20.3 Å². The molecule has 0 atom stereocenters. The SMILES string of the molecule is O=CCCN1CCC(CCc2ccccc2)CC1. The summed E-state index contributed by atoms with van der Waals surface area (Å²) >= 11 is 0. The van der Waals surface area contributed by atoms with Crippen LogP contribution in [0.3, 0.4) is 0 Å². The van der Waals surface area contributed by atoms with Gasteiger partial charge in [0.05, 0.1) is 0 Å². The third-order valence-corrected chi connectivity index (χ3v) is 3.95. The van der Waals surface area contributed by atoms with Crippen molar-refractivity contribution >= 4 is 6.29 Å². The van der Waals surface area contributed by atoms with Crippen LogP contribution in [0.2, 0.25) is 0 Å². The molecule has 0 saturated carbocycles. The van der Waals surface area contributed by atoms with Gasteiger partial charge < -0.3 is 9.69 Å². The molecular formula is C16H23NO. The van der Waals surface area contributed by atoms with E-state index in [1.54, 1.807) is 0 Å². The number of carbonyl (C=O) groups excluding carboxylic acids is 1. The Bertz CT molecular complexity index is 341. The Labute approximate surface area is 110 Å². The van der Waals surface area contributed by atoms with E-state index in [-0.39, 0.29) is 0 Å². The smallest absolute Gasteiger partial charge is 0.121 e. The van der Waals surface area contributed by atoms with Crippen LogP contribution in [0.5, 0.6) is 0 Å². The molecule has 0 radical (unpaired) electrons. The lowest BCUT2D eigenvalue weighted by molar-refractivity contribution is -0.108. The van der Waals surface area contributed by atoms with Crippen molar-refractivity contribution in [2.75, 3.05) is 19.6 Å². The highest BCUT2D eigenvalue weighted by molar-refractivity contribution is 5.49. The molecule has 0 amide bonds. The fraction of sp³-hybridized carbons (Fsp3) is 0.562. The van der Waals surface area contributed by atoms with Gasteiger partial charge in [-0.1, -0.05) is 30.3 Å². The van der Waals surface area contributed by atoms with Crippen molar-refractivity contribution < 1.29 is 4.79 Å². The van der Waals surface area contributed by atoms with Gasteiger partial charge in [0, 0.05) is 13.0 Å². The third kappa shape index (κ3) is 4.26. The average Bonchev–Trinajstić information content (AvgIpc) is 2.45. The molecular weight excluding hydrogens is 222 g/mol. The van der Waals surface area contributed by atoms with Gasteiger partial charge in [-0.15, -0.1) is 0 Å². The van der Waals surface area contributed by atoms with Gasteiger partial charge in [0.15, 0.2) is 0 Å². The van der Waals surface area contributed by atoms with E-state index in [2.05, 4.69) is 35.2 Å². The van der Waals surface area contributed by atoms with Gasteiger partial charge in [0.2, 0.25) is 0 Å². The van der Waals surface area contributed by atoms with Crippen LogP contribution < -0.4 is 0 Å². The lowest BCUT2D eigenvalue weighted by atomic mass is 9.90. The lowest BCUT2D eigenvalue weighted by Crippen LogP contribution is -2.34. The van der Waals surface area contributed by atoms with Gasteiger partial charge >= 0.3 is 0 Å². The maximum absolute atomic E-state index is 10.3. The number of nitrogens with zero attached hydrogens (tertiary/aromatic N) is 1. The van der Waals surface area contributed by atoms with Crippen LogP contribution in [0.1, 0.15) is 31.2 Å². The molecule has 18 heavy (non-hydrogen) atoms. The first kappa shape index (κ1) is 13.3. The Morgan fingerprint density at radius 2 is 1.89 bits per heavy atom. The Morgan fingerprint density at radius 3 is 2.56 bits per heavy atom. The second-order valence-electron chi connectivity index (χ2n) is 5.26. The molecule has 1 aliphatic heterocycles. The van der Waals surface area contributed by atoms with Crippen LogP contribution in [-0.2, 0) is 11.2 Å². The molecule has 2 rings (SSSR count). The minimum absolute atomic E-state index is 0.689. The second-order valence-corrected chi connectivity index (χ2v) is 5.26. The fourth-order valence-electron chi connectivity index (χ4n) is 2.75. The molecule has 0 spiro atoms. The van der Waals surface area contributed by atoms with Crippen LogP contribution in [0.15, 0.2) is 30.3 Å². The molecule has 2 nitrogen and oxygen atoms in total. The van der Waals surface area contributed by atoms with Gasteiger partial charge in [0.1, 0.15) is 6.29 Å². The predicted octanol–water partition coefficient (Wildman–Crippen LogP) is 2.92. The molecule has 0 aromatic heterocycles. The average molecular weight is 245 g/mol. The van der Waals surface area contributed by atoms with Crippen LogP contribution in [0.25, 0.3) is 0 Å². The summed E-state index contributed by atoms with van der Waals surface area (Å²) in [6.07, 6.45) is 6.83. The van der Waals surface area contributed by atoms with Crippen molar-refractivity contribution in [2.45, 2.75) is 32.1 Å². The largest absolute Gasteiger partial charge is 0.303 e. The molecule has 0 aliphatic carbocycles. The number of carbonyl (C=O) groups is 1. The Balaban J connectivity index is 1.66. The van der Waals surface area contributed by atoms with E-state index in [0.717, 1.165) is 18.7 Å². The van der Waals surface area contributed by atoms with E-state index < -0.39 is 0 Å². The highest BCUT2D eigenvalue weighted by Gasteiger charge is 2.18. The quantitative estimate of drug-likeness (QED) is 0.718. The Hall–Kier alpha value is -1.15. The van der Waals surface area contributed by atoms with Gasteiger partial charge in [-0.2, -0.15) is 0 Å². The highest BCUT2D eigenvalue weighted by Crippen LogP contribution is 2.22. The first-order valence-corrected chi connectivity index (χ1v) is 7.08. The fourth-order valence-corrected chi connectivity index (χ4v) is 2.75. The molecule has 2 heteroatoms. The van der Waals surface area contributed by atoms with E-state index in [0.29, 0.717) is 6.42 Å². The second kappa shape index (κ2) is 7.32. The summed E-state index contributed by atoms with van der Waals surface area (Å²) in [5.41, 5.74) is 1.46. The van der Waals surface area contributed by atoms with Crippen LogP contribution in [0.4, 0.5) is 0 Å². The summed E-state index contributed by atoms with van der Waals surface area (Å²) in [6.45, 7) is 3.30. The molecule has 1 heterocycles. The number of rotatable bonds is 6. The van der Waals surface area contributed by atoms with Crippen LogP contribution >= 0.6 is 0 Å². The first-order chi connectivity index (χ1) is 8.88. The molecule has 1 saturated heterocycles. The van der Waals surface area contributed by atoms with Gasteiger partial charge in [0.25, 0.3) is 0 Å². The zero-order chi connectivity index (χ0) is 12.6. The maximum atomic E-state index is 10.3. The van der Waals surface area contributed by atoms with Crippen molar-refractivity contribution in [1.29, 1.82) is 0 Å². The predicted molar refractivity (Wildman–Crippen MR) is 74.6 cm³/mol. The molecule has 1 aromatic rings. The minimum atomic E-state index is 0.689. The Morgan fingerprint density at radius 1 is 1.17 bits per heavy atom. The van der Waals surface area contributed by atoms with Crippen LogP contribution in [0, 0.1) is 5.92 Å². The molecule has 0 N–H and O–H groups in total. The molecule has 98 valence electrons. The number of aldehydes is 1. The monoisotopic (exact) mass is 245 g/mol. The summed E-state index contributed by atoms with van der Waals surface area (Å²) < 4.78 is 0. The first-order valence-electron chi connectivity index (χ1n) is 7.08. The molecule has 1 aliphatic rings. The molecule has 0 bridgehead atoms. The Kier molecular flexibility index (Phi) is 5.40. The summed E-state index contributed by atoms with van der Waals surface area (Å²) in [6, 6.07) is 10.8. The van der Waals surface area contributed by atoms with Gasteiger partial charge in [-0.25, -0.2) is 0 Å². The summed E-state index contributed by atoms with van der Waals surface area (Å²) in [5, 5.41) is 0. The maximum Gasteiger partial charge on any atom is 0.121 e.